The first-order valence-electron chi connectivity index (χ1n) is 11.2. The molecule has 0 radical (unpaired) electrons. The Hall–Kier alpha value is -2.36. The van der Waals surface area contributed by atoms with Crippen LogP contribution >= 0.6 is 0 Å². The second-order valence-corrected chi connectivity index (χ2v) is 9.42. The molecule has 1 N–H and O–H groups in total. The summed E-state index contributed by atoms with van der Waals surface area (Å²) in [5.74, 6) is 0. The summed E-state index contributed by atoms with van der Waals surface area (Å²) < 4.78 is 7.26. The van der Waals surface area contributed by atoms with E-state index in [9.17, 15) is 0 Å². The van der Waals surface area contributed by atoms with Crippen molar-refractivity contribution < 1.29 is 9.47 Å². The summed E-state index contributed by atoms with van der Waals surface area (Å²) >= 11 is 0. The van der Waals surface area contributed by atoms with Gasteiger partial charge in [0.15, 0.2) is 5.60 Å². The fourth-order valence-electron chi connectivity index (χ4n) is 5.99. The summed E-state index contributed by atoms with van der Waals surface area (Å²) in [6, 6.07) is 25.2. The smallest absolute Gasteiger partial charge is 0.368 e. The van der Waals surface area contributed by atoms with E-state index in [1.54, 1.807) is 4.81 Å². The lowest BCUT2D eigenvalue weighted by atomic mass is 9.72. The number of aryl methyl sites for hydroxylation is 4. The van der Waals surface area contributed by atoms with Crippen molar-refractivity contribution in [3.63, 3.8) is 0 Å². The predicted molar refractivity (Wildman–Crippen MR) is 124 cm³/mol. The van der Waals surface area contributed by atoms with Crippen LogP contribution in [0.4, 0.5) is 0 Å². The molecule has 2 fully saturated rings. The molecule has 0 spiro atoms. The maximum Gasteiger partial charge on any atom is 0.610 e. The lowest BCUT2D eigenvalue weighted by molar-refractivity contribution is -0.799. The van der Waals surface area contributed by atoms with Crippen LogP contribution in [0.25, 0.3) is 0 Å². The van der Waals surface area contributed by atoms with Gasteiger partial charge in [-0.2, -0.15) is 0 Å². The highest BCUT2D eigenvalue weighted by Gasteiger charge is 2.64. The molecule has 3 aromatic carbocycles. The number of nitrogens with one attached hydrogen (secondary N) is 1. The van der Waals surface area contributed by atoms with E-state index in [0.717, 1.165) is 0 Å². The van der Waals surface area contributed by atoms with Crippen LogP contribution in [0.15, 0.2) is 66.7 Å². The zero-order valence-corrected chi connectivity index (χ0v) is 18.5. The van der Waals surface area contributed by atoms with E-state index in [4.69, 9.17) is 4.65 Å². The van der Waals surface area contributed by atoms with Crippen molar-refractivity contribution in [2.45, 2.75) is 52.2 Å². The summed E-state index contributed by atoms with van der Waals surface area (Å²) in [7, 11) is 0.0698. The molecule has 0 aromatic heterocycles. The van der Waals surface area contributed by atoms with Crippen LogP contribution in [0.5, 0.6) is 0 Å². The third-order valence-corrected chi connectivity index (χ3v) is 6.94. The Bertz CT molecular complexity index is 985. The Morgan fingerprint density at radius 3 is 1.87 bits per heavy atom. The van der Waals surface area contributed by atoms with Gasteiger partial charge in [-0.15, -0.1) is 0 Å². The van der Waals surface area contributed by atoms with Gasteiger partial charge in [0, 0.05) is 18.3 Å². The van der Waals surface area contributed by atoms with E-state index in [0.29, 0.717) is 6.04 Å². The molecule has 1 unspecified atom stereocenters. The summed E-state index contributed by atoms with van der Waals surface area (Å²) in [4.78, 5) is 1.58. The zero-order chi connectivity index (χ0) is 20.9. The largest absolute Gasteiger partial charge is 0.610 e. The average molecular weight is 396 g/mol. The van der Waals surface area contributed by atoms with Crippen LogP contribution in [0, 0.1) is 27.7 Å². The Morgan fingerprint density at radius 1 is 0.800 bits per heavy atom. The number of quaternary nitrogens is 1. The van der Waals surface area contributed by atoms with Crippen molar-refractivity contribution in [1.29, 1.82) is 0 Å². The summed E-state index contributed by atoms with van der Waals surface area (Å²) in [5.41, 5.74) is 8.72. The first-order valence-corrected chi connectivity index (χ1v) is 11.2. The van der Waals surface area contributed by atoms with Crippen molar-refractivity contribution in [3.05, 3.63) is 100 Å². The quantitative estimate of drug-likeness (QED) is 0.668. The molecule has 0 bridgehead atoms. The number of hydrogen-bond acceptors (Lipinski definition) is 1. The second kappa shape index (κ2) is 7.41. The van der Waals surface area contributed by atoms with Crippen LogP contribution in [0.2, 0.25) is 0 Å². The molecule has 2 aliphatic rings. The third-order valence-electron chi connectivity index (χ3n) is 6.94. The van der Waals surface area contributed by atoms with Gasteiger partial charge in [-0.05, 0) is 38.8 Å². The van der Waals surface area contributed by atoms with Crippen LogP contribution in [-0.4, -0.2) is 19.6 Å². The van der Waals surface area contributed by atoms with Gasteiger partial charge < -0.3 is 9.47 Å². The molecule has 0 amide bonds. The summed E-state index contributed by atoms with van der Waals surface area (Å²) in [6.45, 7) is 9.98. The van der Waals surface area contributed by atoms with E-state index in [1.807, 2.05) is 0 Å². The van der Waals surface area contributed by atoms with Gasteiger partial charge in [-0.3, -0.25) is 0 Å². The van der Waals surface area contributed by atoms with Gasteiger partial charge >= 0.3 is 7.05 Å². The maximum absolute atomic E-state index is 7.26. The number of rotatable bonds is 3. The highest BCUT2D eigenvalue weighted by Crippen LogP contribution is 2.43. The summed E-state index contributed by atoms with van der Waals surface area (Å²) in [6.07, 6.45) is 2.45. The SMILES string of the molecule is Cc1cc(C)cc(C2(c3cc(C)cc(C)c3)OB(c3ccccc3)[NH+]3CCC[C@H]32)c1. The van der Waals surface area contributed by atoms with Gasteiger partial charge in [-0.1, -0.05) is 89.0 Å². The van der Waals surface area contributed by atoms with Gasteiger partial charge in [0.25, 0.3) is 0 Å². The zero-order valence-electron chi connectivity index (χ0n) is 18.5. The van der Waals surface area contributed by atoms with Crippen molar-refractivity contribution in [2.75, 3.05) is 6.54 Å². The Morgan fingerprint density at radius 2 is 1.33 bits per heavy atom. The second-order valence-electron chi connectivity index (χ2n) is 9.42. The summed E-state index contributed by atoms with van der Waals surface area (Å²) in [5, 5.41) is 0. The maximum atomic E-state index is 7.26. The standard InChI is InChI=1S/C27H30BNO/c1-19-13-20(2)16-23(15-19)27(24-17-21(3)14-22(4)18-24)26-11-8-12-29(26)28(30-27)25-9-6-5-7-10-25/h5-7,9-10,13-18,26H,8,11-12H2,1-4H3/p+1/t26-/m0/s1. The van der Waals surface area contributed by atoms with E-state index in [1.165, 1.54) is 58.2 Å². The van der Waals surface area contributed by atoms with Crippen LogP contribution < -0.4 is 10.3 Å². The first-order chi connectivity index (χ1) is 14.5. The molecule has 30 heavy (non-hydrogen) atoms. The molecule has 2 nitrogen and oxygen atoms in total. The number of fused-ring (bicyclic) bond motifs is 1. The molecule has 2 atom stereocenters. The third kappa shape index (κ3) is 3.12. The van der Waals surface area contributed by atoms with Gasteiger partial charge in [0.05, 0.1) is 6.54 Å². The Labute approximate surface area is 181 Å². The minimum absolute atomic E-state index is 0.0698. The lowest BCUT2D eigenvalue weighted by Gasteiger charge is -2.34. The highest BCUT2D eigenvalue weighted by molar-refractivity contribution is 6.60. The number of benzene rings is 3. The van der Waals surface area contributed by atoms with Crippen LogP contribution in [-0.2, 0) is 10.3 Å². The molecule has 3 aromatic rings. The molecule has 2 saturated heterocycles. The topological polar surface area (TPSA) is 13.7 Å². The molecule has 0 aliphatic carbocycles. The molecular weight excluding hydrogens is 365 g/mol. The van der Waals surface area contributed by atoms with Gasteiger partial charge in [0.1, 0.15) is 6.04 Å². The fourth-order valence-corrected chi connectivity index (χ4v) is 5.99. The van der Waals surface area contributed by atoms with Crippen LogP contribution in [0.3, 0.4) is 0 Å². The van der Waals surface area contributed by atoms with E-state index in [2.05, 4.69) is 94.4 Å². The average Bonchev–Trinajstić information content (AvgIpc) is 3.29. The predicted octanol–water partition coefficient (Wildman–Crippen LogP) is 3.64. The van der Waals surface area contributed by atoms with Crippen LogP contribution in [0.1, 0.15) is 46.2 Å². The van der Waals surface area contributed by atoms with E-state index < -0.39 is 5.60 Å². The molecule has 3 heteroatoms. The van der Waals surface area contributed by atoms with Crippen molar-refractivity contribution in [2.24, 2.45) is 0 Å². The lowest BCUT2D eigenvalue weighted by Crippen LogP contribution is -3.19. The van der Waals surface area contributed by atoms with Gasteiger partial charge in [-0.25, -0.2) is 0 Å². The molecule has 2 aliphatic heterocycles. The minimum Gasteiger partial charge on any atom is -0.368 e. The molecule has 2 heterocycles. The Balaban J connectivity index is 1.76. The Kier molecular flexibility index (Phi) is 4.84. The number of hydrogen-bond donors (Lipinski definition) is 1. The first kappa shape index (κ1) is 19.6. The molecule has 152 valence electrons. The molecule has 5 rings (SSSR count). The monoisotopic (exact) mass is 396 g/mol. The fraction of sp³-hybridized carbons (Fsp3) is 0.333. The van der Waals surface area contributed by atoms with E-state index in [-0.39, 0.29) is 7.05 Å². The highest BCUT2D eigenvalue weighted by atomic mass is 16.5. The molecule has 0 saturated carbocycles. The molecular formula is C27H31BNO+. The van der Waals surface area contributed by atoms with Gasteiger partial charge in [0.2, 0.25) is 0 Å². The van der Waals surface area contributed by atoms with Crippen molar-refractivity contribution >= 4 is 12.5 Å². The van der Waals surface area contributed by atoms with E-state index >= 15 is 0 Å². The van der Waals surface area contributed by atoms with Crippen molar-refractivity contribution in [1.82, 2.24) is 0 Å². The van der Waals surface area contributed by atoms with Crippen molar-refractivity contribution in [3.8, 4) is 0 Å². The minimum atomic E-state index is -0.417. The normalized spacial score (nSPS) is 22.3.